The van der Waals surface area contributed by atoms with E-state index in [0.29, 0.717) is 18.9 Å². The Morgan fingerprint density at radius 1 is 1.31 bits per heavy atom. The molecule has 2 heterocycles. The van der Waals surface area contributed by atoms with Crippen molar-refractivity contribution in [2.45, 2.75) is 91.7 Å². The van der Waals surface area contributed by atoms with Gasteiger partial charge in [0.25, 0.3) is 0 Å². The summed E-state index contributed by atoms with van der Waals surface area (Å²) < 4.78 is 5.77. The van der Waals surface area contributed by atoms with Crippen molar-refractivity contribution in [3.63, 3.8) is 0 Å². The fourth-order valence-electron chi connectivity index (χ4n) is 4.16. The predicted molar refractivity (Wildman–Crippen MR) is 174 cm³/mol. The molecule has 0 spiro atoms. The number of carbonyl (C=O) groups is 1. The molecule has 0 amide bonds. The van der Waals surface area contributed by atoms with Crippen LogP contribution in [0.3, 0.4) is 0 Å². The van der Waals surface area contributed by atoms with Crippen molar-refractivity contribution in [3.8, 4) is 11.8 Å². The third-order valence-electron chi connectivity index (χ3n) is 6.03. The predicted octanol–water partition coefficient (Wildman–Crippen LogP) is 7.20. The SMILES string of the molecule is B=C(NC(CCCCCC#C/C(C)=C\C=C)C1=CSC(c2cccs2)=NC1)[C@H](CC(C)C)C(=O)OC(C)(C)C. The van der Waals surface area contributed by atoms with Crippen molar-refractivity contribution >= 4 is 47.2 Å². The molecule has 0 bridgehead atoms. The molecule has 4 nitrogen and oxygen atoms in total. The second-order valence-electron chi connectivity index (χ2n) is 11.3. The number of hydrogen-bond donors (Lipinski definition) is 1. The van der Waals surface area contributed by atoms with E-state index in [0.717, 1.165) is 48.3 Å². The first-order chi connectivity index (χ1) is 18.5. The average Bonchev–Trinajstić information content (AvgIpc) is 3.40. The molecule has 1 N–H and O–H groups in total. The van der Waals surface area contributed by atoms with Crippen molar-refractivity contribution in [1.29, 1.82) is 0 Å². The molecule has 39 heavy (non-hydrogen) atoms. The van der Waals surface area contributed by atoms with Crippen LogP contribution >= 0.6 is 23.1 Å². The van der Waals surface area contributed by atoms with Crippen molar-refractivity contribution in [2.24, 2.45) is 16.8 Å². The van der Waals surface area contributed by atoms with E-state index in [2.05, 4.69) is 68.0 Å². The number of rotatable bonds is 14. The van der Waals surface area contributed by atoms with Crippen LogP contribution in [0.2, 0.25) is 0 Å². The number of hydrogen-bond acceptors (Lipinski definition) is 6. The molecule has 1 aromatic rings. The summed E-state index contributed by atoms with van der Waals surface area (Å²) in [6.45, 7) is 16.3. The van der Waals surface area contributed by atoms with E-state index < -0.39 is 11.5 Å². The third kappa shape index (κ3) is 12.6. The molecule has 2 rings (SSSR count). The summed E-state index contributed by atoms with van der Waals surface area (Å²) in [6, 6.07) is 4.24. The van der Waals surface area contributed by atoms with Gasteiger partial charge in [-0.05, 0) is 0 Å². The second kappa shape index (κ2) is 16.7. The summed E-state index contributed by atoms with van der Waals surface area (Å²) in [7, 11) is 4.34. The van der Waals surface area contributed by atoms with Crippen LogP contribution in [0, 0.1) is 23.7 Å². The summed E-state index contributed by atoms with van der Waals surface area (Å²) >= 11 is 3.39. The zero-order valence-corrected chi connectivity index (χ0v) is 26.3. The molecule has 7 heteroatoms. The minimum absolute atomic E-state index is 0.0691. The number of allylic oxidation sites excluding steroid dienone is 3. The first kappa shape index (κ1) is 32.9. The topological polar surface area (TPSA) is 50.7 Å². The van der Waals surface area contributed by atoms with Gasteiger partial charge in [0, 0.05) is 0 Å². The van der Waals surface area contributed by atoms with E-state index in [-0.39, 0.29) is 12.0 Å². The van der Waals surface area contributed by atoms with Crippen LogP contribution < -0.4 is 5.32 Å². The molecular formula is C32H45BN2O2S2. The first-order valence-electron chi connectivity index (χ1n) is 13.9. The molecule has 1 aliphatic rings. The van der Waals surface area contributed by atoms with Crippen LogP contribution in [0.15, 0.2) is 57.8 Å². The number of esters is 1. The molecule has 0 aromatic carbocycles. The molecule has 2 atom stereocenters. The zero-order valence-electron chi connectivity index (χ0n) is 24.6. The second-order valence-corrected chi connectivity index (χ2v) is 13.1. The average molecular weight is 565 g/mol. The van der Waals surface area contributed by atoms with Gasteiger partial charge < -0.3 is 0 Å². The van der Waals surface area contributed by atoms with Gasteiger partial charge in [-0.25, -0.2) is 0 Å². The first-order valence-corrected chi connectivity index (χ1v) is 15.7. The molecule has 0 saturated heterocycles. The summed E-state index contributed by atoms with van der Waals surface area (Å²) in [5, 5.41) is 9.03. The molecular weight excluding hydrogens is 519 g/mol. The Balaban J connectivity index is 2.09. The van der Waals surface area contributed by atoms with Gasteiger partial charge in [-0.3, -0.25) is 0 Å². The number of aliphatic imine (C=N–C) groups is 1. The Hall–Kier alpha value is -2.30. The Kier molecular flexibility index (Phi) is 14.1. The van der Waals surface area contributed by atoms with E-state index in [1.54, 1.807) is 29.2 Å². The van der Waals surface area contributed by atoms with E-state index in [9.17, 15) is 4.79 Å². The molecule has 210 valence electrons. The maximum atomic E-state index is 13.1. The van der Waals surface area contributed by atoms with Crippen molar-refractivity contribution in [3.05, 3.63) is 57.7 Å². The number of nitrogens with zero attached hydrogens (tertiary/aromatic N) is 1. The van der Waals surface area contributed by atoms with Crippen molar-refractivity contribution in [1.82, 2.24) is 5.32 Å². The fraction of sp³-hybridized carbons (Fsp3) is 0.531. The molecule has 0 aliphatic carbocycles. The quantitative estimate of drug-likeness (QED) is 0.0854. The van der Waals surface area contributed by atoms with Gasteiger partial charge in [-0.2, -0.15) is 0 Å². The van der Waals surface area contributed by atoms with Gasteiger partial charge in [-0.1, -0.05) is 12.7 Å². The summed E-state index contributed by atoms with van der Waals surface area (Å²) in [6.07, 6.45) is 9.43. The van der Waals surface area contributed by atoms with E-state index in [4.69, 9.17) is 9.73 Å². The van der Waals surface area contributed by atoms with Gasteiger partial charge in [-0.15, -0.1) is 0 Å². The fourth-order valence-corrected chi connectivity index (χ4v) is 5.90. The summed E-state index contributed by atoms with van der Waals surface area (Å²) in [5.41, 5.74) is 2.47. The van der Waals surface area contributed by atoms with Gasteiger partial charge in [0.15, 0.2) is 0 Å². The Labute approximate surface area is 245 Å². The van der Waals surface area contributed by atoms with Crippen LogP contribution in [-0.4, -0.2) is 42.3 Å². The number of ether oxygens (including phenoxy) is 1. The number of thiophene rings is 1. The standard InChI is InChI=1S/C32H45BN2O2S2/c1-8-15-24(4)16-12-10-9-11-13-17-27(25-21-34-30(39-22-25)28-18-14-19-38-28)35-29(33)26(20-23(2)3)31(36)37-32(5,6)7/h8,14-15,18-19,22-23,26-27,33,35H,1,9-11,13,17,20-21H2,2-7H3/b24-15-/t26-,27?/m0/s1. The molecule has 0 fully saturated rings. The van der Waals surface area contributed by atoms with Crippen LogP contribution in [0.4, 0.5) is 0 Å². The van der Waals surface area contributed by atoms with Crippen molar-refractivity contribution in [2.75, 3.05) is 6.54 Å². The zero-order chi connectivity index (χ0) is 28.8. The van der Waals surface area contributed by atoms with E-state index in [1.807, 2.05) is 33.8 Å². The Bertz CT molecular complexity index is 1120. The monoisotopic (exact) mass is 564 g/mol. The normalized spacial score (nSPS) is 15.4. The number of carbonyl (C=O) groups excluding carboxylic acids is 1. The molecule has 0 radical (unpaired) electrons. The Morgan fingerprint density at radius 2 is 2.08 bits per heavy atom. The minimum atomic E-state index is -0.537. The van der Waals surface area contributed by atoms with Gasteiger partial charge in [0.2, 0.25) is 0 Å². The van der Waals surface area contributed by atoms with E-state index in [1.165, 1.54) is 10.5 Å². The maximum absolute atomic E-state index is 13.1. The number of unbranched alkanes of at least 4 members (excludes halogenated alkanes) is 3. The third-order valence-corrected chi connectivity index (χ3v) is 8.03. The summed E-state index contributed by atoms with van der Waals surface area (Å²) in [4.78, 5) is 19.2. The van der Waals surface area contributed by atoms with Crippen LogP contribution in [0.5, 0.6) is 0 Å². The van der Waals surface area contributed by atoms with Crippen molar-refractivity contribution < 1.29 is 9.53 Å². The number of thioether (sulfide) groups is 1. The molecule has 1 aromatic heterocycles. The molecule has 1 aliphatic heterocycles. The number of nitrogens with one attached hydrogen (secondary N) is 1. The van der Waals surface area contributed by atoms with Crippen LogP contribution in [0.25, 0.3) is 0 Å². The van der Waals surface area contributed by atoms with Gasteiger partial charge >= 0.3 is 234 Å². The van der Waals surface area contributed by atoms with Crippen LogP contribution in [0.1, 0.15) is 84.9 Å². The van der Waals surface area contributed by atoms with Gasteiger partial charge in [0.1, 0.15) is 0 Å². The molecule has 1 unspecified atom stereocenters. The summed E-state index contributed by atoms with van der Waals surface area (Å²) in [5.74, 6) is 6.17. The Morgan fingerprint density at radius 3 is 2.67 bits per heavy atom. The van der Waals surface area contributed by atoms with E-state index >= 15 is 0 Å². The van der Waals surface area contributed by atoms with Crippen LogP contribution in [-0.2, 0) is 9.53 Å². The van der Waals surface area contributed by atoms with Gasteiger partial charge in [0.05, 0.1) is 0 Å². The molecule has 0 saturated carbocycles.